The number of ether oxygens (including phenoxy) is 1. The number of halogens is 1. The molecule has 0 unspecified atom stereocenters. The zero-order valence-corrected chi connectivity index (χ0v) is 13.8. The molecule has 0 saturated heterocycles. The normalized spacial score (nSPS) is 14.7. The number of sulfonamides is 1. The number of benzene rings is 1. The Morgan fingerprint density at radius 3 is 2.70 bits per heavy atom. The molecule has 1 aromatic heterocycles. The Morgan fingerprint density at radius 1 is 1.30 bits per heavy atom. The van der Waals surface area contributed by atoms with Crippen molar-refractivity contribution < 1.29 is 22.4 Å². The monoisotopic (exact) mass is 355 g/mol. The molecule has 8 heteroatoms. The Kier molecular flexibility index (Phi) is 4.18. The molecular formula is C15H14ClNO5S. The molecule has 3 rings (SSSR count). The van der Waals surface area contributed by atoms with E-state index in [0.717, 1.165) is 12.8 Å². The van der Waals surface area contributed by atoms with Crippen molar-refractivity contribution in [3.05, 3.63) is 46.7 Å². The van der Waals surface area contributed by atoms with E-state index in [0.29, 0.717) is 16.3 Å². The minimum atomic E-state index is -3.74. The van der Waals surface area contributed by atoms with Gasteiger partial charge in [0, 0.05) is 11.1 Å². The highest BCUT2D eigenvalue weighted by atomic mass is 35.5. The number of nitrogens with one attached hydrogen (secondary N) is 1. The predicted octanol–water partition coefficient (Wildman–Crippen LogP) is 2.90. The summed E-state index contributed by atoms with van der Waals surface area (Å²) in [6, 6.07) is 7.27. The average Bonchev–Trinajstić information content (AvgIpc) is 3.12. The third-order valence-electron chi connectivity index (χ3n) is 3.29. The highest BCUT2D eigenvalue weighted by Crippen LogP contribution is 2.25. The summed E-state index contributed by atoms with van der Waals surface area (Å²) in [6.45, 7) is 1.74. The zero-order chi connectivity index (χ0) is 16.6. The van der Waals surface area contributed by atoms with E-state index in [9.17, 15) is 13.2 Å². The van der Waals surface area contributed by atoms with Gasteiger partial charge in [0.25, 0.3) is 10.0 Å². The molecule has 1 heterocycles. The highest BCUT2D eigenvalue weighted by Gasteiger charge is 2.30. The standard InChI is InChI=1S/C15H14ClNO5S/c1-9-8-10(16)2-5-12(9)22-15(18)13-6-7-14(21-13)23(19,20)17-11-3-4-11/h2,5-8,11,17H,3-4H2,1H3. The summed E-state index contributed by atoms with van der Waals surface area (Å²) in [6.07, 6.45) is 1.62. The number of hydrogen-bond donors (Lipinski definition) is 1. The second-order valence-electron chi connectivity index (χ2n) is 5.31. The van der Waals surface area contributed by atoms with Crippen LogP contribution in [0.15, 0.2) is 39.8 Å². The van der Waals surface area contributed by atoms with Crippen molar-refractivity contribution in [1.82, 2.24) is 4.72 Å². The highest BCUT2D eigenvalue weighted by molar-refractivity contribution is 7.89. The largest absolute Gasteiger partial charge is 0.436 e. The van der Waals surface area contributed by atoms with Crippen LogP contribution < -0.4 is 9.46 Å². The van der Waals surface area contributed by atoms with Gasteiger partial charge in [0.05, 0.1) is 0 Å². The van der Waals surface area contributed by atoms with Crippen LogP contribution >= 0.6 is 11.6 Å². The summed E-state index contributed by atoms with van der Waals surface area (Å²) in [4.78, 5) is 12.1. The van der Waals surface area contributed by atoms with Crippen LogP contribution in [-0.4, -0.2) is 20.4 Å². The molecule has 1 aliphatic carbocycles. The molecule has 1 aromatic carbocycles. The number of rotatable bonds is 5. The molecule has 1 aliphatic rings. The molecule has 23 heavy (non-hydrogen) atoms. The number of hydrogen-bond acceptors (Lipinski definition) is 5. The molecule has 6 nitrogen and oxygen atoms in total. The summed E-state index contributed by atoms with van der Waals surface area (Å²) in [5.41, 5.74) is 0.681. The lowest BCUT2D eigenvalue weighted by molar-refractivity contribution is 0.0694. The third kappa shape index (κ3) is 3.74. The topological polar surface area (TPSA) is 85.6 Å². The van der Waals surface area contributed by atoms with E-state index in [1.165, 1.54) is 12.1 Å². The van der Waals surface area contributed by atoms with Crippen molar-refractivity contribution in [2.24, 2.45) is 0 Å². The number of carbonyl (C=O) groups excluding carboxylic acids is 1. The van der Waals surface area contributed by atoms with Gasteiger partial charge in [0.15, 0.2) is 0 Å². The van der Waals surface area contributed by atoms with Crippen LogP contribution in [0, 0.1) is 6.92 Å². The number of aryl methyl sites for hydroxylation is 1. The van der Waals surface area contributed by atoms with Gasteiger partial charge < -0.3 is 9.15 Å². The fraction of sp³-hybridized carbons (Fsp3) is 0.267. The van der Waals surface area contributed by atoms with Crippen molar-refractivity contribution >= 4 is 27.6 Å². The molecule has 0 atom stereocenters. The van der Waals surface area contributed by atoms with Crippen molar-refractivity contribution in [1.29, 1.82) is 0 Å². The van der Waals surface area contributed by atoms with Crippen LogP contribution in [0.25, 0.3) is 0 Å². The third-order valence-corrected chi connectivity index (χ3v) is 4.91. The quantitative estimate of drug-likeness (QED) is 0.658. The van der Waals surface area contributed by atoms with Crippen molar-refractivity contribution in [3.8, 4) is 5.75 Å². The van der Waals surface area contributed by atoms with Gasteiger partial charge in [-0.3, -0.25) is 0 Å². The minimum Gasteiger partial charge on any atom is -0.436 e. The van der Waals surface area contributed by atoms with E-state index in [2.05, 4.69) is 4.72 Å². The van der Waals surface area contributed by atoms with E-state index in [1.807, 2.05) is 0 Å². The molecule has 0 spiro atoms. The van der Waals surface area contributed by atoms with Crippen LogP contribution in [-0.2, 0) is 10.0 Å². The molecular weight excluding hydrogens is 342 g/mol. The second kappa shape index (κ2) is 5.99. The summed E-state index contributed by atoms with van der Waals surface area (Å²) in [5.74, 6) is -0.630. The van der Waals surface area contributed by atoms with Gasteiger partial charge >= 0.3 is 5.97 Å². The van der Waals surface area contributed by atoms with Gasteiger partial charge in [-0.15, -0.1) is 0 Å². The maximum atomic E-state index is 12.1. The first-order valence-electron chi connectivity index (χ1n) is 6.96. The van der Waals surface area contributed by atoms with Gasteiger partial charge in [0.2, 0.25) is 10.9 Å². The lowest BCUT2D eigenvalue weighted by Crippen LogP contribution is -2.25. The molecule has 1 saturated carbocycles. The second-order valence-corrected chi connectivity index (χ2v) is 7.39. The zero-order valence-electron chi connectivity index (χ0n) is 12.2. The maximum Gasteiger partial charge on any atom is 0.379 e. The summed E-state index contributed by atoms with van der Waals surface area (Å²) in [5, 5.41) is 0.226. The predicted molar refractivity (Wildman–Crippen MR) is 83.2 cm³/mol. The van der Waals surface area contributed by atoms with Crippen LogP contribution in [0.3, 0.4) is 0 Å². The van der Waals surface area contributed by atoms with Crippen LogP contribution in [0.5, 0.6) is 5.75 Å². The molecule has 1 fully saturated rings. The molecule has 0 radical (unpaired) electrons. The number of carbonyl (C=O) groups is 1. The van der Waals surface area contributed by atoms with Gasteiger partial charge in [-0.2, -0.15) is 0 Å². The molecule has 0 amide bonds. The van der Waals surface area contributed by atoms with E-state index in [4.69, 9.17) is 20.8 Å². The summed E-state index contributed by atoms with van der Waals surface area (Å²) in [7, 11) is -3.74. The van der Waals surface area contributed by atoms with E-state index in [1.54, 1.807) is 25.1 Å². The Labute approximate surface area is 138 Å². The Morgan fingerprint density at radius 2 is 2.04 bits per heavy atom. The first-order valence-corrected chi connectivity index (χ1v) is 8.82. The van der Waals surface area contributed by atoms with Gasteiger partial charge in [-0.1, -0.05) is 11.6 Å². The van der Waals surface area contributed by atoms with Gasteiger partial charge in [-0.25, -0.2) is 17.9 Å². The van der Waals surface area contributed by atoms with E-state index < -0.39 is 16.0 Å². The van der Waals surface area contributed by atoms with Gasteiger partial charge in [0.1, 0.15) is 5.75 Å². The van der Waals surface area contributed by atoms with Gasteiger partial charge in [-0.05, 0) is 55.7 Å². The van der Waals surface area contributed by atoms with Crippen LogP contribution in [0.2, 0.25) is 5.02 Å². The fourth-order valence-electron chi connectivity index (χ4n) is 1.93. The summed E-state index contributed by atoms with van der Waals surface area (Å²) >= 11 is 5.84. The molecule has 0 bridgehead atoms. The molecule has 1 N–H and O–H groups in total. The SMILES string of the molecule is Cc1cc(Cl)ccc1OC(=O)c1ccc(S(=O)(=O)NC2CC2)o1. The van der Waals surface area contributed by atoms with E-state index >= 15 is 0 Å². The van der Waals surface area contributed by atoms with E-state index in [-0.39, 0.29) is 16.9 Å². The Balaban J connectivity index is 1.75. The van der Waals surface area contributed by atoms with Crippen molar-refractivity contribution in [2.75, 3.05) is 0 Å². The molecule has 122 valence electrons. The van der Waals surface area contributed by atoms with Crippen molar-refractivity contribution in [3.63, 3.8) is 0 Å². The fourth-order valence-corrected chi connectivity index (χ4v) is 3.39. The lowest BCUT2D eigenvalue weighted by atomic mass is 10.2. The number of esters is 1. The molecule has 2 aromatic rings. The number of furan rings is 1. The first kappa shape index (κ1) is 16.0. The average molecular weight is 356 g/mol. The lowest BCUT2D eigenvalue weighted by Gasteiger charge is -2.06. The Bertz CT molecular complexity index is 855. The van der Waals surface area contributed by atoms with Crippen LogP contribution in [0.1, 0.15) is 29.0 Å². The summed E-state index contributed by atoms with van der Waals surface area (Å²) < 4.78 is 36.8. The maximum absolute atomic E-state index is 12.1. The molecule has 0 aliphatic heterocycles. The van der Waals surface area contributed by atoms with Crippen molar-refractivity contribution in [2.45, 2.75) is 30.9 Å². The Hall–Kier alpha value is -1.83. The minimum absolute atomic E-state index is 0.0442. The smallest absolute Gasteiger partial charge is 0.379 e. The first-order chi connectivity index (χ1) is 10.8. The van der Waals surface area contributed by atoms with Crippen LogP contribution in [0.4, 0.5) is 0 Å².